The van der Waals surface area contributed by atoms with Gasteiger partial charge in [0.1, 0.15) is 27.9 Å². The number of ketones is 1. The van der Waals surface area contributed by atoms with Gasteiger partial charge in [0.25, 0.3) is 11.7 Å². The Morgan fingerprint density at radius 2 is 1.75 bits per heavy atom. The summed E-state index contributed by atoms with van der Waals surface area (Å²) in [6.45, 7) is 19.6. The van der Waals surface area contributed by atoms with Crippen LogP contribution in [-0.2, 0) is 23.8 Å². The topological polar surface area (TPSA) is 207 Å². The largest absolute Gasteiger partial charge is 0.505 e. The van der Waals surface area contributed by atoms with Crippen LogP contribution >= 0.6 is 11.3 Å². The molecule has 16 heteroatoms. The summed E-state index contributed by atoms with van der Waals surface area (Å²) in [6.07, 6.45) is 5.50. The molecule has 0 fully saturated rings. The number of allylic oxidation sites excluding steroid dienone is 2. The van der Waals surface area contributed by atoms with Crippen LogP contribution in [0.15, 0.2) is 53.2 Å². The SMILES string of the molecule is CCN(c1cnc2sc3c4c(O)c5c(=O)c(C)c6c(c5c3nc2c1)C(=O)[C@@](C)(O/C=C/[C@H](OC)[C@@H](C)[C@@H](OC(C)=O)[C@H](C)[C@H](O)[C@H](C)[C@@H](O)[C@@H](C)/C=C/C=C(/C)C(=O)N4)O6)C(C)C. The molecule has 2 aromatic heterocycles. The number of nitrogens with one attached hydrogen (secondary N) is 1. The fourth-order valence-electron chi connectivity index (χ4n) is 8.70. The highest BCUT2D eigenvalue weighted by atomic mass is 32.1. The molecule has 9 atom stereocenters. The number of aliphatic hydroxyl groups excluding tert-OH is 2. The van der Waals surface area contributed by atoms with Crippen molar-refractivity contribution in [3.8, 4) is 11.5 Å². The van der Waals surface area contributed by atoms with E-state index in [1.807, 2.05) is 13.0 Å². The number of nitrogens with zero attached hydrogens (tertiary/aromatic N) is 3. The number of methoxy groups -OCH3 is 1. The second-order valence-electron chi connectivity index (χ2n) is 17.1. The number of aromatic hydroxyl groups is 1. The number of fused-ring (bicyclic) bond motifs is 2. The molecule has 4 heterocycles. The number of ether oxygens (including phenoxy) is 4. The average molecular weight is 887 g/mol. The Balaban J connectivity index is 1.61. The van der Waals surface area contributed by atoms with E-state index in [4.69, 9.17) is 28.9 Å². The summed E-state index contributed by atoms with van der Waals surface area (Å²) in [6, 6.07) is 2.02. The maximum Gasteiger partial charge on any atom is 0.312 e. The highest BCUT2D eigenvalue weighted by Crippen LogP contribution is 2.49. The van der Waals surface area contributed by atoms with Crippen molar-refractivity contribution >= 4 is 71.7 Å². The summed E-state index contributed by atoms with van der Waals surface area (Å²) in [7, 11) is 1.45. The van der Waals surface area contributed by atoms with Crippen LogP contribution < -0.4 is 20.4 Å². The molecule has 4 aromatic rings. The monoisotopic (exact) mass is 886 g/mol. The summed E-state index contributed by atoms with van der Waals surface area (Å²) in [5.41, 5.74) is 0.882. The molecule has 0 unspecified atom stereocenters. The van der Waals surface area contributed by atoms with Gasteiger partial charge in [-0.3, -0.25) is 19.2 Å². The van der Waals surface area contributed by atoms with Gasteiger partial charge in [-0.05, 0) is 46.8 Å². The fourth-order valence-corrected chi connectivity index (χ4v) is 9.70. The predicted octanol–water partition coefficient (Wildman–Crippen LogP) is 7.10. The number of phenols is 1. The maximum absolute atomic E-state index is 14.8. The van der Waals surface area contributed by atoms with Crippen molar-refractivity contribution in [1.82, 2.24) is 9.97 Å². The van der Waals surface area contributed by atoms with Crippen LogP contribution in [0.1, 0.15) is 85.2 Å². The van der Waals surface area contributed by atoms with E-state index in [1.165, 1.54) is 40.2 Å². The van der Waals surface area contributed by atoms with E-state index in [2.05, 4.69) is 24.1 Å². The lowest BCUT2D eigenvalue weighted by molar-refractivity contribution is -0.160. The predicted molar refractivity (Wildman–Crippen MR) is 243 cm³/mol. The van der Waals surface area contributed by atoms with Crippen molar-refractivity contribution in [2.75, 3.05) is 23.9 Å². The van der Waals surface area contributed by atoms with Crippen LogP contribution in [0.5, 0.6) is 11.5 Å². The van der Waals surface area contributed by atoms with Crippen LogP contribution in [0, 0.1) is 30.6 Å². The number of pyridine rings is 1. The Labute approximate surface area is 370 Å². The minimum absolute atomic E-state index is 0.0236. The minimum atomic E-state index is -2.02. The molecular formula is C47H58N4O11S. The van der Waals surface area contributed by atoms with E-state index in [0.717, 1.165) is 17.0 Å². The highest BCUT2D eigenvalue weighted by Gasteiger charge is 2.49. The number of Topliss-reactive ketones (excluding diaryl/α,β-unsaturated/α-hetero) is 1. The molecule has 0 saturated heterocycles. The van der Waals surface area contributed by atoms with Gasteiger partial charge in [0.05, 0.1) is 57.6 Å². The Bertz CT molecular complexity index is 2620. The lowest BCUT2D eigenvalue weighted by atomic mass is 9.78. The first-order chi connectivity index (χ1) is 29.7. The van der Waals surface area contributed by atoms with Crippen molar-refractivity contribution in [3.05, 3.63) is 69.8 Å². The zero-order valence-electron chi connectivity index (χ0n) is 37.8. The Hall–Kier alpha value is -5.42. The quantitative estimate of drug-likeness (QED) is 0.0683. The van der Waals surface area contributed by atoms with Crippen molar-refractivity contribution in [2.24, 2.45) is 23.7 Å². The van der Waals surface area contributed by atoms with Gasteiger partial charge in [-0.1, -0.05) is 45.9 Å². The second kappa shape index (κ2) is 18.4. The van der Waals surface area contributed by atoms with Gasteiger partial charge in [0, 0.05) is 73.7 Å². The standard InChI is InChI=1S/C47H58N4O11S/c1-13-51(21(2)3)29-19-30-46(48-20-29)63-43-35(49-30)32-33-39(55)27(9)42-34(32)44(57)47(11,62-42)60-18-17-31(59-12)24(6)41(61-28(10)52)26(8)38(54)25(7)37(53)22(4)15-14-16-23(5)45(58)50-36(43)40(33)56/h14-22,24-26,31,37-38,41,53-54,56H,13H2,1-12H3,(H,50,58)/b15-14+,18-17+,23-16-/t22-,24+,25+,26+,31-,37-,38+,41+,47-/m0/s1. The molecule has 0 saturated carbocycles. The number of carbonyl (C=O) groups is 3. The van der Waals surface area contributed by atoms with Gasteiger partial charge >= 0.3 is 11.8 Å². The van der Waals surface area contributed by atoms with E-state index in [-0.39, 0.29) is 55.2 Å². The Kier molecular flexibility index (Phi) is 13.7. The number of rotatable bonds is 5. The second-order valence-corrected chi connectivity index (χ2v) is 18.1. The number of carbonyl (C=O) groups excluding carboxylic acids is 3. The summed E-state index contributed by atoms with van der Waals surface area (Å²) in [4.78, 5) is 67.9. The lowest BCUT2D eigenvalue weighted by Gasteiger charge is -2.38. The van der Waals surface area contributed by atoms with Gasteiger partial charge in [-0.15, -0.1) is 11.3 Å². The van der Waals surface area contributed by atoms with Crippen LogP contribution in [-0.4, -0.2) is 92.8 Å². The molecule has 2 aromatic carbocycles. The van der Waals surface area contributed by atoms with Crippen molar-refractivity contribution < 1.29 is 48.7 Å². The third-order valence-corrected chi connectivity index (χ3v) is 13.6. The number of anilines is 2. The van der Waals surface area contributed by atoms with Gasteiger partial charge in [0.2, 0.25) is 0 Å². The smallest absolute Gasteiger partial charge is 0.312 e. The number of aromatic nitrogens is 2. The molecule has 2 aliphatic rings. The molecule has 4 bridgehead atoms. The van der Waals surface area contributed by atoms with Crippen molar-refractivity contribution in [1.29, 1.82) is 0 Å². The van der Waals surface area contributed by atoms with Crippen LogP contribution in [0.3, 0.4) is 0 Å². The molecule has 2 aliphatic heterocycles. The molecule has 0 spiro atoms. The molecule has 1 amide bonds. The summed E-state index contributed by atoms with van der Waals surface area (Å²) in [5, 5.41) is 37.7. The van der Waals surface area contributed by atoms with E-state index >= 15 is 0 Å². The molecule has 338 valence electrons. The number of benzene rings is 2. The molecule has 0 radical (unpaired) electrons. The van der Waals surface area contributed by atoms with E-state index in [9.17, 15) is 34.5 Å². The summed E-state index contributed by atoms with van der Waals surface area (Å²) < 4.78 is 24.2. The van der Waals surface area contributed by atoms with Gasteiger partial charge < -0.3 is 44.5 Å². The fraction of sp³-hybridized carbons (Fsp3) is 0.489. The summed E-state index contributed by atoms with van der Waals surface area (Å²) >= 11 is 1.12. The van der Waals surface area contributed by atoms with Gasteiger partial charge in [-0.2, -0.15) is 0 Å². The van der Waals surface area contributed by atoms with Gasteiger partial charge in [-0.25, -0.2) is 9.97 Å². The molecule has 4 N–H and O–H groups in total. The Morgan fingerprint density at radius 1 is 1.05 bits per heavy atom. The maximum atomic E-state index is 14.8. The first-order valence-electron chi connectivity index (χ1n) is 21.2. The highest BCUT2D eigenvalue weighted by molar-refractivity contribution is 7.24. The number of hydrogen-bond donors (Lipinski definition) is 4. The zero-order valence-corrected chi connectivity index (χ0v) is 38.6. The minimum Gasteiger partial charge on any atom is -0.505 e. The number of esters is 1. The lowest BCUT2D eigenvalue weighted by Crippen LogP contribution is -2.46. The van der Waals surface area contributed by atoms with Crippen LogP contribution in [0.25, 0.3) is 31.3 Å². The molecule has 0 aliphatic carbocycles. The number of hydrogen-bond acceptors (Lipinski definition) is 15. The van der Waals surface area contributed by atoms with Crippen LogP contribution in [0.4, 0.5) is 11.4 Å². The molecule has 15 nitrogen and oxygen atoms in total. The average Bonchev–Trinajstić information content (AvgIpc) is 3.51. The van der Waals surface area contributed by atoms with Crippen LogP contribution in [0.2, 0.25) is 0 Å². The molecular weight excluding hydrogens is 829 g/mol. The third kappa shape index (κ3) is 8.65. The summed E-state index contributed by atoms with van der Waals surface area (Å²) in [5.74, 6) is -6.93. The molecule has 6 rings (SSSR count). The molecule has 63 heavy (non-hydrogen) atoms. The zero-order chi connectivity index (χ0) is 46.4. The normalized spacial score (nSPS) is 29.0. The number of phenolic OH excluding ortho intramolecular Hbond substituents is 1. The van der Waals surface area contributed by atoms with Gasteiger partial charge in [0.15, 0.2) is 11.2 Å². The first kappa shape index (κ1) is 47.1. The first-order valence-corrected chi connectivity index (χ1v) is 22.0. The van der Waals surface area contributed by atoms with E-state index < -0.39 is 82.7 Å². The number of aliphatic hydroxyl groups is 2. The number of amides is 1. The third-order valence-electron chi connectivity index (χ3n) is 12.5. The van der Waals surface area contributed by atoms with Crippen molar-refractivity contribution in [2.45, 2.75) is 112 Å². The van der Waals surface area contributed by atoms with E-state index in [0.29, 0.717) is 16.9 Å². The Morgan fingerprint density at radius 3 is 2.38 bits per heavy atom. The van der Waals surface area contributed by atoms with Crippen molar-refractivity contribution in [3.63, 3.8) is 0 Å². The van der Waals surface area contributed by atoms with E-state index in [1.54, 1.807) is 59.0 Å².